The van der Waals surface area contributed by atoms with E-state index in [9.17, 15) is 14.4 Å². The Morgan fingerprint density at radius 2 is 1.64 bits per heavy atom. The molecule has 7 heteroatoms. The fourth-order valence-electron chi connectivity index (χ4n) is 3.11. The third-order valence-corrected chi connectivity index (χ3v) is 4.76. The van der Waals surface area contributed by atoms with Crippen molar-refractivity contribution in [1.82, 2.24) is 0 Å². The van der Waals surface area contributed by atoms with Crippen molar-refractivity contribution in [3.8, 4) is 0 Å². The van der Waals surface area contributed by atoms with Crippen molar-refractivity contribution in [3.05, 3.63) is 83.0 Å². The smallest absolute Gasteiger partial charge is 0.335 e. The van der Waals surface area contributed by atoms with Gasteiger partial charge in [0.15, 0.2) is 0 Å². The minimum absolute atomic E-state index is 0.0457. The Labute approximate surface area is 164 Å². The highest BCUT2D eigenvalue weighted by Crippen LogP contribution is 2.34. The first-order chi connectivity index (χ1) is 13.5. The number of aromatic carboxylic acids is 1. The summed E-state index contributed by atoms with van der Waals surface area (Å²) in [6.07, 6.45) is 0. The topological polar surface area (TPSA) is 86.7 Å². The first-order valence-corrected chi connectivity index (χ1v) is 8.72. The number of amides is 2. The Morgan fingerprint density at radius 1 is 0.929 bits per heavy atom. The van der Waals surface area contributed by atoms with Crippen molar-refractivity contribution < 1.29 is 19.5 Å². The minimum Gasteiger partial charge on any atom is -0.478 e. The second kappa shape index (κ2) is 6.83. The molecule has 0 radical (unpaired) electrons. The molecule has 3 aromatic rings. The number of nitrogens with zero attached hydrogens (tertiary/aromatic N) is 1. The van der Waals surface area contributed by atoms with Gasteiger partial charge in [-0.3, -0.25) is 9.59 Å². The quantitative estimate of drug-likeness (QED) is 0.656. The lowest BCUT2D eigenvalue weighted by molar-refractivity contribution is -0.120. The molecule has 4 rings (SSSR count). The van der Waals surface area contributed by atoms with Gasteiger partial charge in [0.1, 0.15) is 10.7 Å². The summed E-state index contributed by atoms with van der Waals surface area (Å²) in [7, 11) is 0. The molecule has 28 heavy (non-hydrogen) atoms. The van der Waals surface area contributed by atoms with E-state index in [1.54, 1.807) is 18.2 Å². The van der Waals surface area contributed by atoms with E-state index >= 15 is 0 Å². The Kier molecular flexibility index (Phi) is 4.33. The van der Waals surface area contributed by atoms with Crippen LogP contribution in [0.4, 0.5) is 11.4 Å². The molecule has 0 fully saturated rings. The third kappa shape index (κ3) is 2.90. The van der Waals surface area contributed by atoms with Gasteiger partial charge < -0.3 is 10.4 Å². The van der Waals surface area contributed by atoms with Crippen LogP contribution in [-0.4, -0.2) is 22.9 Å². The zero-order valence-corrected chi connectivity index (χ0v) is 15.1. The maximum Gasteiger partial charge on any atom is 0.335 e. The highest BCUT2D eigenvalue weighted by molar-refractivity contribution is 6.53. The van der Waals surface area contributed by atoms with Crippen LogP contribution < -0.4 is 10.2 Å². The van der Waals surface area contributed by atoms with E-state index in [0.29, 0.717) is 11.4 Å². The van der Waals surface area contributed by atoms with Crippen molar-refractivity contribution in [3.63, 3.8) is 0 Å². The largest absolute Gasteiger partial charge is 0.478 e. The van der Waals surface area contributed by atoms with E-state index in [2.05, 4.69) is 5.32 Å². The van der Waals surface area contributed by atoms with Crippen molar-refractivity contribution in [2.24, 2.45) is 0 Å². The van der Waals surface area contributed by atoms with Crippen LogP contribution in [0, 0.1) is 0 Å². The van der Waals surface area contributed by atoms with Crippen molar-refractivity contribution in [2.75, 3.05) is 10.2 Å². The maximum atomic E-state index is 13.0. The van der Waals surface area contributed by atoms with Gasteiger partial charge in [-0.15, -0.1) is 0 Å². The van der Waals surface area contributed by atoms with Crippen LogP contribution in [-0.2, 0) is 9.59 Å². The fraction of sp³-hybridized carbons (Fsp3) is 0. The van der Waals surface area contributed by atoms with Crippen LogP contribution in [0.3, 0.4) is 0 Å². The molecule has 0 spiro atoms. The number of imide groups is 1. The second-order valence-electron chi connectivity index (χ2n) is 6.14. The molecule has 0 aliphatic carbocycles. The summed E-state index contributed by atoms with van der Waals surface area (Å²) in [6, 6.07) is 18.6. The average Bonchev–Trinajstić information content (AvgIpc) is 2.91. The predicted molar refractivity (Wildman–Crippen MR) is 106 cm³/mol. The molecule has 0 bridgehead atoms. The minimum atomic E-state index is -1.10. The van der Waals surface area contributed by atoms with Gasteiger partial charge in [-0.2, -0.15) is 0 Å². The van der Waals surface area contributed by atoms with E-state index in [1.165, 1.54) is 18.2 Å². The molecule has 6 nitrogen and oxygen atoms in total. The molecule has 138 valence electrons. The highest BCUT2D eigenvalue weighted by atomic mass is 35.5. The third-order valence-electron chi connectivity index (χ3n) is 4.41. The van der Waals surface area contributed by atoms with E-state index in [0.717, 1.165) is 15.7 Å². The summed E-state index contributed by atoms with van der Waals surface area (Å²) in [4.78, 5) is 37.9. The van der Waals surface area contributed by atoms with Crippen LogP contribution in [0.1, 0.15) is 10.4 Å². The predicted octanol–water partition coefficient (Wildman–Crippen LogP) is 3.97. The molecule has 1 heterocycles. The lowest BCUT2D eigenvalue weighted by atomic mass is 10.1. The Balaban J connectivity index is 1.72. The molecular weight excluding hydrogens is 380 g/mol. The van der Waals surface area contributed by atoms with Crippen LogP contribution in [0.15, 0.2) is 77.5 Å². The van der Waals surface area contributed by atoms with Crippen molar-refractivity contribution >= 4 is 51.5 Å². The number of carboxylic acid groups (broad SMARTS) is 1. The van der Waals surface area contributed by atoms with Gasteiger partial charge in [-0.25, -0.2) is 9.69 Å². The van der Waals surface area contributed by atoms with Gasteiger partial charge >= 0.3 is 5.97 Å². The number of hydrogen-bond acceptors (Lipinski definition) is 4. The van der Waals surface area contributed by atoms with Gasteiger partial charge in [0.2, 0.25) is 0 Å². The van der Waals surface area contributed by atoms with Crippen molar-refractivity contribution in [2.45, 2.75) is 0 Å². The molecule has 0 saturated carbocycles. The SMILES string of the molecule is O=C(O)c1cccc(NC2=C(Cl)C(=O)N(c3cccc4ccccc34)C2=O)c1. The average molecular weight is 393 g/mol. The normalized spacial score (nSPS) is 14.1. The van der Waals surface area contributed by atoms with Crippen LogP contribution in [0.25, 0.3) is 10.8 Å². The number of halogens is 1. The number of rotatable bonds is 4. The number of carboxylic acids is 1. The molecule has 0 aromatic heterocycles. The zero-order chi connectivity index (χ0) is 19.8. The van der Waals surface area contributed by atoms with E-state index in [-0.39, 0.29) is 16.3 Å². The first kappa shape index (κ1) is 17.8. The highest BCUT2D eigenvalue weighted by Gasteiger charge is 2.39. The van der Waals surface area contributed by atoms with E-state index in [4.69, 9.17) is 16.7 Å². The van der Waals surface area contributed by atoms with Gasteiger partial charge in [0, 0.05) is 11.1 Å². The van der Waals surface area contributed by atoms with Crippen LogP contribution in [0.2, 0.25) is 0 Å². The number of nitrogens with one attached hydrogen (secondary N) is 1. The standard InChI is InChI=1S/C21H13ClN2O4/c22-17-18(23-14-8-3-7-13(11-14)21(27)28)20(26)24(19(17)25)16-10-4-6-12-5-1-2-9-15(12)16/h1-11,23H,(H,27,28). The van der Waals surface area contributed by atoms with E-state index in [1.807, 2.05) is 30.3 Å². The van der Waals surface area contributed by atoms with Gasteiger partial charge in [-0.05, 0) is 29.7 Å². The fourth-order valence-corrected chi connectivity index (χ4v) is 3.32. The maximum absolute atomic E-state index is 13.0. The number of carbonyl (C=O) groups excluding carboxylic acids is 2. The van der Waals surface area contributed by atoms with Crippen LogP contribution >= 0.6 is 11.6 Å². The van der Waals surface area contributed by atoms with Gasteiger partial charge in [0.05, 0.1) is 11.3 Å². The van der Waals surface area contributed by atoms with E-state index < -0.39 is 17.8 Å². The summed E-state index contributed by atoms with van der Waals surface area (Å²) in [5, 5.41) is 13.3. The molecule has 1 aliphatic rings. The molecule has 3 aromatic carbocycles. The number of fused-ring (bicyclic) bond motifs is 1. The summed E-state index contributed by atoms with van der Waals surface area (Å²) in [5.41, 5.74) is 0.725. The lowest BCUT2D eigenvalue weighted by Crippen LogP contribution is -2.32. The molecule has 0 unspecified atom stereocenters. The lowest BCUT2D eigenvalue weighted by Gasteiger charge is -2.17. The van der Waals surface area contributed by atoms with Crippen LogP contribution in [0.5, 0.6) is 0 Å². The molecule has 2 N–H and O–H groups in total. The monoisotopic (exact) mass is 392 g/mol. The van der Waals surface area contributed by atoms with Gasteiger partial charge in [0.25, 0.3) is 11.8 Å². The molecule has 1 aliphatic heterocycles. The Bertz CT molecular complexity index is 1180. The number of hydrogen-bond donors (Lipinski definition) is 2. The Morgan fingerprint density at radius 3 is 2.43 bits per heavy atom. The molecular formula is C21H13ClN2O4. The first-order valence-electron chi connectivity index (χ1n) is 8.34. The number of carbonyl (C=O) groups is 3. The molecule has 2 amide bonds. The Hall–Kier alpha value is -3.64. The van der Waals surface area contributed by atoms with Gasteiger partial charge in [-0.1, -0.05) is 54.1 Å². The second-order valence-corrected chi connectivity index (χ2v) is 6.52. The summed E-state index contributed by atoms with van der Waals surface area (Å²) in [6.45, 7) is 0. The summed E-state index contributed by atoms with van der Waals surface area (Å²) in [5.74, 6) is -2.35. The number of anilines is 2. The summed E-state index contributed by atoms with van der Waals surface area (Å²) >= 11 is 6.16. The van der Waals surface area contributed by atoms with Crippen molar-refractivity contribution in [1.29, 1.82) is 0 Å². The number of benzene rings is 3. The molecule has 0 atom stereocenters. The summed E-state index contributed by atoms with van der Waals surface area (Å²) < 4.78 is 0. The zero-order valence-electron chi connectivity index (χ0n) is 14.3. The molecule has 0 saturated heterocycles.